The summed E-state index contributed by atoms with van der Waals surface area (Å²) in [5.74, 6) is 0.345. The number of carbonyl (C=O) groups excluding carboxylic acids is 2. The Hall–Kier alpha value is -3.84. The first-order valence-corrected chi connectivity index (χ1v) is 11.4. The van der Waals surface area contributed by atoms with Crippen molar-refractivity contribution in [1.29, 1.82) is 0 Å². The van der Waals surface area contributed by atoms with E-state index < -0.39 is 0 Å². The third kappa shape index (κ3) is 7.94. The molecule has 0 fully saturated rings. The van der Waals surface area contributed by atoms with Crippen LogP contribution < -0.4 is 20.7 Å². The first-order valence-electron chi connectivity index (χ1n) is 11.4. The van der Waals surface area contributed by atoms with Gasteiger partial charge in [0, 0.05) is 29.6 Å². The first-order chi connectivity index (χ1) is 16.5. The van der Waals surface area contributed by atoms with Crippen LogP contribution in [0.25, 0.3) is 0 Å². The van der Waals surface area contributed by atoms with Gasteiger partial charge in [0.25, 0.3) is 5.91 Å². The second-order valence-corrected chi connectivity index (χ2v) is 7.66. The van der Waals surface area contributed by atoms with Crippen molar-refractivity contribution in [3.8, 4) is 5.75 Å². The summed E-state index contributed by atoms with van der Waals surface area (Å²) in [6.45, 7) is 5.63. The maximum Gasteiger partial charge on any atom is 0.251 e. The average Bonchev–Trinajstić information content (AvgIpc) is 2.86. The van der Waals surface area contributed by atoms with Crippen LogP contribution in [-0.4, -0.2) is 38.2 Å². The molecule has 0 aliphatic rings. The Labute approximate surface area is 200 Å². The zero-order chi connectivity index (χ0) is 24.2. The zero-order valence-corrected chi connectivity index (χ0v) is 19.5. The van der Waals surface area contributed by atoms with Crippen LogP contribution in [0.15, 0.2) is 78.9 Å². The number of anilines is 2. The van der Waals surface area contributed by atoms with E-state index >= 15 is 0 Å². The molecule has 178 valence electrons. The van der Waals surface area contributed by atoms with Crippen LogP contribution in [0.3, 0.4) is 0 Å². The number of nitrogens with one attached hydrogen (secondary N) is 3. The molecule has 0 radical (unpaired) electrons. The van der Waals surface area contributed by atoms with Gasteiger partial charge in [0.15, 0.2) is 0 Å². The van der Waals surface area contributed by atoms with E-state index in [4.69, 9.17) is 9.47 Å². The smallest absolute Gasteiger partial charge is 0.251 e. The lowest BCUT2D eigenvalue weighted by molar-refractivity contribution is -0.114. The van der Waals surface area contributed by atoms with E-state index in [-0.39, 0.29) is 24.4 Å². The molecular weight excluding hydrogens is 430 g/mol. The van der Waals surface area contributed by atoms with Crippen LogP contribution in [0.5, 0.6) is 5.75 Å². The molecule has 0 heterocycles. The van der Waals surface area contributed by atoms with E-state index in [1.807, 2.05) is 68.4 Å². The second kappa shape index (κ2) is 13.0. The molecule has 0 spiro atoms. The van der Waals surface area contributed by atoms with Gasteiger partial charge in [-0.2, -0.15) is 0 Å². The van der Waals surface area contributed by atoms with E-state index in [1.54, 1.807) is 24.3 Å². The Morgan fingerprint density at radius 3 is 2.38 bits per heavy atom. The van der Waals surface area contributed by atoms with Crippen LogP contribution >= 0.6 is 0 Å². The van der Waals surface area contributed by atoms with E-state index in [0.717, 1.165) is 11.3 Å². The van der Waals surface area contributed by atoms with Gasteiger partial charge in [-0.3, -0.25) is 9.59 Å². The lowest BCUT2D eigenvalue weighted by atomic mass is 10.1. The van der Waals surface area contributed by atoms with Crippen molar-refractivity contribution < 1.29 is 19.1 Å². The van der Waals surface area contributed by atoms with Gasteiger partial charge < -0.3 is 25.4 Å². The molecule has 34 heavy (non-hydrogen) atoms. The third-order valence-corrected chi connectivity index (χ3v) is 5.07. The molecule has 2 amide bonds. The highest BCUT2D eigenvalue weighted by molar-refractivity contribution is 5.96. The lowest BCUT2D eigenvalue weighted by Crippen LogP contribution is -2.26. The summed E-state index contributed by atoms with van der Waals surface area (Å²) in [6, 6.07) is 23.9. The summed E-state index contributed by atoms with van der Waals surface area (Å²) in [5.41, 5.74) is 2.96. The van der Waals surface area contributed by atoms with Crippen molar-refractivity contribution in [1.82, 2.24) is 5.32 Å². The van der Waals surface area contributed by atoms with E-state index in [2.05, 4.69) is 16.0 Å². The molecule has 0 aliphatic carbocycles. The molecule has 1 unspecified atom stereocenters. The Balaban J connectivity index is 1.45. The van der Waals surface area contributed by atoms with Gasteiger partial charge in [0.05, 0.1) is 19.2 Å². The molecule has 0 saturated heterocycles. The molecule has 0 saturated carbocycles. The van der Waals surface area contributed by atoms with Gasteiger partial charge in [0.2, 0.25) is 5.91 Å². The number of amides is 2. The predicted molar refractivity (Wildman–Crippen MR) is 134 cm³/mol. The number of ether oxygens (including phenoxy) is 2. The summed E-state index contributed by atoms with van der Waals surface area (Å²) in [7, 11) is 0. The largest absolute Gasteiger partial charge is 0.491 e. The maximum atomic E-state index is 12.5. The van der Waals surface area contributed by atoms with E-state index in [1.165, 1.54) is 0 Å². The Morgan fingerprint density at radius 1 is 0.882 bits per heavy atom. The number of benzene rings is 3. The molecule has 3 N–H and O–H groups in total. The standard InChI is InChI=1S/C27H31N3O4/c1-3-33-16-17-34-25-11-7-10-24(18-25)28-19-26(31)30-23-14-12-22(13-15-23)27(32)29-20(2)21-8-5-4-6-9-21/h4-15,18,20,28H,3,16-17,19H2,1-2H3,(H,29,32)(H,30,31). The fourth-order valence-electron chi connectivity index (χ4n) is 3.26. The Bertz CT molecular complexity index is 1050. The summed E-state index contributed by atoms with van der Waals surface area (Å²) in [4.78, 5) is 24.9. The van der Waals surface area contributed by atoms with Crippen LogP contribution in [-0.2, 0) is 9.53 Å². The van der Waals surface area contributed by atoms with Crippen LogP contribution in [0, 0.1) is 0 Å². The topological polar surface area (TPSA) is 88.7 Å². The highest BCUT2D eigenvalue weighted by Gasteiger charge is 2.11. The first kappa shape index (κ1) is 24.8. The minimum absolute atomic E-state index is 0.0965. The van der Waals surface area contributed by atoms with Gasteiger partial charge >= 0.3 is 0 Å². The number of carbonyl (C=O) groups is 2. The minimum atomic E-state index is -0.197. The molecule has 3 aromatic carbocycles. The van der Waals surface area contributed by atoms with E-state index in [0.29, 0.717) is 36.8 Å². The Kier molecular flexibility index (Phi) is 9.49. The van der Waals surface area contributed by atoms with Crippen molar-refractivity contribution in [2.45, 2.75) is 19.9 Å². The molecule has 1 atom stereocenters. The van der Waals surface area contributed by atoms with Gasteiger partial charge in [-0.25, -0.2) is 0 Å². The normalized spacial score (nSPS) is 11.4. The van der Waals surface area contributed by atoms with Gasteiger partial charge in [-0.15, -0.1) is 0 Å². The third-order valence-electron chi connectivity index (χ3n) is 5.07. The SMILES string of the molecule is CCOCCOc1cccc(NCC(=O)Nc2ccc(C(=O)NC(C)c3ccccc3)cc2)c1. The number of hydrogen-bond donors (Lipinski definition) is 3. The van der Waals surface area contributed by atoms with Crippen molar-refractivity contribution in [2.24, 2.45) is 0 Å². The summed E-state index contributed by atoms with van der Waals surface area (Å²) in [5, 5.41) is 8.89. The molecule has 0 aromatic heterocycles. The van der Waals surface area contributed by atoms with Gasteiger partial charge in [0.1, 0.15) is 12.4 Å². The number of hydrogen-bond acceptors (Lipinski definition) is 5. The monoisotopic (exact) mass is 461 g/mol. The lowest BCUT2D eigenvalue weighted by Gasteiger charge is -2.14. The Morgan fingerprint density at radius 2 is 1.65 bits per heavy atom. The summed E-state index contributed by atoms with van der Waals surface area (Å²) >= 11 is 0. The highest BCUT2D eigenvalue weighted by atomic mass is 16.5. The molecule has 7 heteroatoms. The van der Waals surface area contributed by atoms with Crippen LogP contribution in [0.4, 0.5) is 11.4 Å². The van der Waals surface area contributed by atoms with Crippen molar-refractivity contribution in [2.75, 3.05) is 37.0 Å². The van der Waals surface area contributed by atoms with Gasteiger partial charge in [-0.1, -0.05) is 36.4 Å². The second-order valence-electron chi connectivity index (χ2n) is 7.66. The van der Waals surface area contributed by atoms with Gasteiger partial charge in [-0.05, 0) is 55.8 Å². The fourth-order valence-corrected chi connectivity index (χ4v) is 3.26. The molecular formula is C27H31N3O4. The summed E-state index contributed by atoms with van der Waals surface area (Å²) in [6.07, 6.45) is 0. The van der Waals surface area contributed by atoms with E-state index in [9.17, 15) is 9.59 Å². The highest BCUT2D eigenvalue weighted by Crippen LogP contribution is 2.18. The predicted octanol–water partition coefficient (Wildman–Crippen LogP) is 4.64. The zero-order valence-electron chi connectivity index (χ0n) is 19.5. The molecule has 7 nitrogen and oxygen atoms in total. The summed E-state index contributed by atoms with van der Waals surface area (Å²) < 4.78 is 10.9. The van der Waals surface area contributed by atoms with Crippen LogP contribution in [0.2, 0.25) is 0 Å². The fraction of sp³-hybridized carbons (Fsp3) is 0.259. The molecule has 0 aliphatic heterocycles. The van der Waals surface area contributed by atoms with Crippen molar-refractivity contribution in [3.63, 3.8) is 0 Å². The van der Waals surface area contributed by atoms with Crippen LogP contribution in [0.1, 0.15) is 35.8 Å². The molecule has 3 rings (SSSR count). The molecule has 3 aromatic rings. The quantitative estimate of drug-likeness (QED) is 0.342. The minimum Gasteiger partial charge on any atom is -0.491 e. The number of rotatable bonds is 12. The molecule has 0 bridgehead atoms. The maximum absolute atomic E-state index is 12.5. The average molecular weight is 462 g/mol. The van der Waals surface area contributed by atoms with Crippen molar-refractivity contribution >= 4 is 23.2 Å². The van der Waals surface area contributed by atoms with Crippen molar-refractivity contribution in [3.05, 3.63) is 90.0 Å².